The van der Waals surface area contributed by atoms with Crippen molar-refractivity contribution in [1.29, 1.82) is 0 Å². The van der Waals surface area contributed by atoms with Crippen LogP contribution in [0.3, 0.4) is 0 Å². The molecule has 1 saturated heterocycles. The molecule has 130 valence electrons. The fourth-order valence-corrected chi connectivity index (χ4v) is 3.51. The number of nitrogens with two attached hydrogens (primary N) is 1. The third-order valence-corrected chi connectivity index (χ3v) is 4.68. The molecule has 0 amide bonds. The van der Waals surface area contributed by atoms with Crippen molar-refractivity contribution in [3.8, 4) is 5.88 Å². The fraction of sp³-hybridized carbons (Fsp3) is 0.389. The number of methoxy groups -OCH3 is 1. The van der Waals surface area contributed by atoms with Crippen LogP contribution in [-0.4, -0.2) is 40.1 Å². The first kappa shape index (κ1) is 15.7. The van der Waals surface area contributed by atoms with E-state index in [9.17, 15) is 0 Å². The second kappa shape index (κ2) is 6.58. The number of benzene rings is 1. The van der Waals surface area contributed by atoms with E-state index < -0.39 is 0 Å². The summed E-state index contributed by atoms with van der Waals surface area (Å²) in [7, 11) is 1.59. The molecule has 3 aromatic rings. The number of para-hydroxylation sites is 2. The highest BCUT2D eigenvalue weighted by Crippen LogP contribution is 2.26. The molecule has 25 heavy (non-hydrogen) atoms. The first-order valence-corrected chi connectivity index (χ1v) is 8.58. The molecule has 0 radical (unpaired) electrons. The minimum Gasteiger partial charge on any atom is -0.481 e. The lowest BCUT2D eigenvalue weighted by molar-refractivity contribution is 0.392. The van der Waals surface area contributed by atoms with E-state index in [1.807, 2.05) is 24.3 Å². The molecule has 7 heteroatoms. The fourth-order valence-electron chi connectivity index (χ4n) is 3.51. The van der Waals surface area contributed by atoms with Gasteiger partial charge in [0.2, 0.25) is 11.8 Å². The maximum absolute atomic E-state index is 5.80. The maximum atomic E-state index is 5.80. The number of anilines is 2. The monoisotopic (exact) mass is 338 g/mol. The number of ether oxygens (including phenoxy) is 1. The summed E-state index contributed by atoms with van der Waals surface area (Å²) in [4.78, 5) is 18.8. The first-order chi connectivity index (χ1) is 12.2. The van der Waals surface area contributed by atoms with Gasteiger partial charge in [-0.2, -0.15) is 9.97 Å². The Bertz CT molecular complexity index is 844. The van der Waals surface area contributed by atoms with Crippen LogP contribution in [0.4, 0.5) is 11.8 Å². The Hall–Kier alpha value is -2.83. The van der Waals surface area contributed by atoms with Crippen molar-refractivity contribution in [3.63, 3.8) is 0 Å². The Morgan fingerprint density at radius 2 is 2.16 bits per heavy atom. The highest BCUT2D eigenvalue weighted by Gasteiger charge is 2.23. The maximum Gasteiger partial charge on any atom is 0.225 e. The van der Waals surface area contributed by atoms with E-state index in [0.29, 0.717) is 11.8 Å². The van der Waals surface area contributed by atoms with Gasteiger partial charge in [0.15, 0.2) is 0 Å². The normalized spacial score (nSPS) is 17.8. The van der Waals surface area contributed by atoms with Gasteiger partial charge in [0.05, 0.1) is 18.1 Å². The highest BCUT2D eigenvalue weighted by molar-refractivity contribution is 5.74. The van der Waals surface area contributed by atoms with E-state index in [0.717, 1.165) is 48.6 Å². The number of imidazole rings is 1. The molecule has 2 aromatic heterocycles. The molecule has 0 spiro atoms. The van der Waals surface area contributed by atoms with Crippen LogP contribution in [0.25, 0.3) is 11.0 Å². The molecule has 3 N–H and O–H groups in total. The number of hydrogen-bond acceptors (Lipinski definition) is 6. The number of aromatic amines is 1. The second-order valence-corrected chi connectivity index (χ2v) is 6.49. The summed E-state index contributed by atoms with van der Waals surface area (Å²) in [6.45, 7) is 1.90. The summed E-state index contributed by atoms with van der Waals surface area (Å²) in [6.07, 6.45) is 3.24. The molecule has 1 fully saturated rings. The predicted octanol–water partition coefficient (Wildman–Crippen LogP) is 2.40. The first-order valence-electron chi connectivity index (χ1n) is 8.58. The van der Waals surface area contributed by atoms with Gasteiger partial charge in [-0.25, -0.2) is 4.98 Å². The predicted molar refractivity (Wildman–Crippen MR) is 97.7 cm³/mol. The lowest BCUT2D eigenvalue weighted by Crippen LogP contribution is -2.37. The average Bonchev–Trinajstić information content (AvgIpc) is 3.03. The lowest BCUT2D eigenvalue weighted by Gasteiger charge is -2.33. The van der Waals surface area contributed by atoms with E-state index >= 15 is 0 Å². The van der Waals surface area contributed by atoms with Crippen molar-refractivity contribution in [2.75, 3.05) is 30.8 Å². The molecule has 1 atom stereocenters. The summed E-state index contributed by atoms with van der Waals surface area (Å²) in [6, 6.07) is 10.00. The van der Waals surface area contributed by atoms with Crippen molar-refractivity contribution < 1.29 is 4.74 Å². The highest BCUT2D eigenvalue weighted by atomic mass is 16.5. The number of aromatic nitrogens is 4. The van der Waals surface area contributed by atoms with E-state index in [1.54, 1.807) is 7.11 Å². The molecule has 7 nitrogen and oxygen atoms in total. The third kappa shape index (κ3) is 3.35. The van der Waals surface area contributed by atoms with Gasteiger partial charge in [-0.1, -0.05) is 12.1 Å². The molecule has 1 aliphatic heterocycles. The van der Waals surface area contributed by atoms with Crippen molar-refractivity contribution >= 4 is 22.8 Å². The van der Waals surface area contributed by atoms with Gasteiger partial charge in [0, 0.05) is 25.6 Å². The van der Waals surface area contributed by atoms with Gasteiger partial charge in [-0.3, -0.25) is 0 Å². The molecule has 1 unspecified atom stereocenters. The molecular weight excluding hydrogens is 316 g/mol. The van der Waals surface area contributed by atoms with Crippen LogP contribution in [0, 0.1) is 5.92 Å². The zero-order chi connectivity index (χ0) is 17.2. The number of hydrogen-bond donors (Lipinski definition) is 2. The minimum atomic E-state index is 0.244. The Morgan fingerprint density at radius 1 is 1.28 bits per heavy atom. The van der Waals surface area contributed by atoms with E-state index in [4.69, 9.17) is 15.5 Å². The number of nitrogens with one attached hydrogen (secondary N) is 1. The van der Waals surface area contributed by atoms with Crippen molar-refractivity contribution in [2.45, 2.75) is 19.3 Å². The molecule has 0 bridgehead atoms. The zero-order valence-electron chi connectivity index (χ0n) is 14.3. The van der Waals surface area contributed by atoms with Crippen LogP contribution in [0.15, 0.2) is 30.3 Å². The third-order valence-electron chi connectivity index (χ3n) is 4.68. The number of H-pyrrole nitrogens is 1. The zero-order valence-corrected chi connectivity index (χ0v) is 14.3. The summed E-state index contributed by atoms with van der Waals surface area (Å²) in [5, 5.41) is 0. The number of fused-ring (bicyclic) bond motifs is 1. The summed E-state index contributed by atoms with van der Waals surface area (Å²) < 4.78 is 5.21. The van der Waals surface area contributed by atoms with Crippen LogP contribution in [0.1, 0.15) is 18.7 Å². The van der Waals surface area contributed by atoms with Crippen LogP contribution in [0.2, 0.25) is 0 Å². The van der Waals surface area contributed by atoms with Crippen molar-refractivity contribution in [3.05, 3.63) is 36.2 Å². The molecule has 1 aromatic carbocycles. The SMILES string of the molecule is COc1cc(N2CCCC(Cc3nc4ccccc4[nH]3)C2)nc(N)n1. The van der Waals surface area contributed by atoms with Gasteiger partial charge in [-0.15, -0.1) is 0 Å². The van der Waals surface area contributed by atoms with E-state index in [-0.39, 0.29) is 5.95 Å². The Morgan fingerprint density at radius 3 is 3.00 bits per heavy atom. The average molecular weight is 338 g/mol. The molecule has 4 rings (SSSR count). The van der Waals surface area contributed by atoms with Crippen LogP contribution in [0.5, 0.6) is 5.88 Å². The Kier molecular flexibility index (Phi) is 4.13. The Labute approximate surface area is 146 Å². The molecular formula is C18H22N6O. The molecule has 0 saturated carbocycles. The number of nitrogens with zero attached hydrogens (tertiary/aromatic N) is 4. The minimum absolute atomic E-state index is 0.244. The number of rotatable bonds is 4. The van der Waals surface area contributed by atoms with Crippen LogP contribution < -0.4 is 15.4 Å². The van der Waals surface area contributed by atoms with Crippen molar-refractivity contribution in [1.82, 2.24) is 19.9 Å². The van der Waals surface area contributed by atoms with E-state index in [1.165, 1.54) is 6.42 Å². The smallest absolute Gasteiger partial charge is 0.225 e. The van der Waals surface area contributed by atoms with Gasteiger partial charge in [-0.05, 0) is 30.9 Å². The van der Waals surface area contributed by atoms with E-state index in [2.05, 4.69) is 25.9 Å². The standard InChI is InChI=1S/C18H22N6O/c1-25-17-10-16(22-18(19)23-17)24-8-4-5-12(11-24)9-15-20-13-6-2-3-7-14(13)21-15/h2-3,6-7,10,12H,4-5,8-9,11H2,1H3,(H,20,21)(H2,19,22,23). The lowest BCUT2D eigenvalue weighted by atomic mass is 9.94. The van der Waals surface area contributed by atoms with Crippen molar-refractivity contribution in [2.24, 2.45) is 5.92 Å². The quantitative estimate of drug-likeness (QED) is 0.759. The molecule has 1 aliphatic rings. The van der Waals surface area contributed by atoms with Gasteiger partial charge in [0.1, 0.15) is 11.6 Å². The number of nitrogen functional groups attached to an aromatic ring is 1. The van der Waals surface area contributed by atoms with Gasteiger partial charge in [0.25, 0.3) is 0 Å². The van der Waals surface area contributed by atoms with Crippen LogP contribution >= 0.6 is 0 Å². The molecule has 3 heterocycles. The summed E-state index contributed by atoms with van der Waals surface area (Å²) in [5.74, 6) is 3.15. The summed E-state index contributed by atoms with van der Waals surface area (Å²) >= 11 is 0. The largest absolute Gasteiger partial charge is 0.481 e. The topological polar surface area (TPSA) is 93.0 Å². The van der Waals surface area contributed by atoms with Gasteiger partial charge < -0.3 is 20.4 Å². The second-order valence-electron chi connectivity index (χ2n) is 6.49. The molecule has 0 aliphatic carbocycles. The van der Waals surface area contributed by atoms with Gasteiger partial charge >= 0.3 is 0 Å². The summed E-state index contributed by atoms with van der Waals surface area (Å²) in [5.41, 5.74) is 7.92. The Balaban J connectivity index is 1.50. The number of piperidine rings is 1. The van der Waals surface area contributed by atoms with Crippen LogP contribution in [-0.2, 0) is 6.42 Å².